The molecule has 0 radical (unpaired) electrons. The lowest BCUT2D eigenvalue weighted by molar-refractivity contribution is 0.101. The maximum Gasteiger partial charge on any atom is 0.272 e. The summed E-state index contributed by atoms with van der Waals surface area (Å²) in [4.78, 5) is 31.5. The number of hydrogen-bond acceptors (Lipinski definition) is 4. The largest absolute Gasteiger partial charge is 0.495 e. The number of ether oxygens (including phenoxy) is 1. The van der Waals surface area contributed by atoms with Gasteiger partial charge >= 0.3 is 0 Å². The van der Waals surface area contributed by atoms with Gasteiger partial charge in [-0.15, -0.1) is 0 Å². The molecule has 5 aromatic rings. The number of fused-ring (bicyclic) bond motifs is 2. The number of amides is 1. The highest BCUT2D eigenvalue weighted by molar-refractivity contribution is 6.06. The number of anilines is 1. The number of aromatic nitrogens is 3. The molecule has 3 aromatic heterocycles. The first-order chi connectivity index (χ1) is 16.1. The number of nitrogens with one attached hydrogen (secondary N) is 1. The zero-order chi connectivity index (χ0) is 22.9. The number of para-hydroxylation sites is 2. The standard InChI is InChI=1S/C26H22N4O3/c1-17-9-8-14-29-23(17)28-24-19(26(29)32)15-21(30(24)16-18-10-4-3-5-11-18)25(31)27-20-12-6-7-13-22(20)33-2/h3-15H,16H2,1-2H3,(H,27,31). The third-order valence-corrected chi connectivity index (χ3v) is 5.66. The van der Waals surface area contributed by atoms with E-state index in [1.54, 1.807) is 36.1 Å². The van der Waals surface area contributed by atoms with E-state index in [-0.39, 0.29) is 11.5 Å². The number of pyridine rings is 1. The number of aryl methyl sites for hydroxylation is 1. The van der Waals surface area contributed by atoms with Gasteiger partial charge in [0.25, 0.3) is 11.5 Å². The van der Waals surface area contributed by atoms with Crippen LogP contribution in [0, 0.1) is 6.92 Å². The van der Waals surface area contributed by atoms with Crippen molar-refractivity contribution in [2.45, 2.75) is 13.5 Å². The molecular weight excluding hydrogens is 416 g/mol. The van der Waals surface area contributed by atoms with E-state index in [1.165, 1.54) is 4.40 Å². The van der Waals surface area contributed by atoms with Crippen molar-refractivity contribution in [2.75, 3.05) is 12.4 Å². The van der Waals surface area contributed by atoms with E-state index in [0.717, 1.165) is 11.1 Å². The third-order valence-electron chi connectivity index (χ3n) is 5.66. The summed E-state index contributed by atoms with van der Waals surface area (Å²) in [5, 5.41) is 3.30. The third kappa shape index (κ3) is 3.63. The zero-order valence-corrected chi connectivity index (χ0v) is 18.3. The summed E-state index contributed by atoms with van der Waals surface area (Å²) in [7, 11) is 1.55. The first-order valence-electron chi connectivity index (χ1n) is 10.6. The van der Waals surface area contributed by atoms with Gasteiger partial charge < -0.3 is 14.6 Å². The highest BCUT2D eigenvalue weighted by Gasteiger charge is 2.21. The van der Waals surface area contributed by atoms with Crippen LogP contribution >= 0.6 is 0 Å². The molecule has 33 heavy (non-hydrogen) atoms. The Bertz CT molecular complexity index is 1550. The fraction of sp³-hybridized carbons (Fsp3) is 0.115. The average Bonchev–Trinajstić information content (AvgIpc) is 3.19. The molecule has 2 aromatic carbocycles. The smallest absolute Gasteiger partial charge is 0.272 e. The molecule has 0 aliphatic carbocycles. The minimum atomic E-state index is -0.349. The number of nitrogens with zero attached hydrogens (tertiary/aromatic N) is 3. The quantitative estimate of drug-likeness (QED) is 0.445. The molecule has 0 spiro atoms. The van der Waals surface area contributed by atoms with E-state index in [2.05, 4.69) is 5.32 Å². The van der Waals surface area contributed by atoms with Gasteiger partial charge in [0.15, 0.2) is 0 Å². The maximum atomic E-state index is 13.4. The monoisotopic (exact) mass is 438 g/mol. The first kappa shape index (κ1) is 20.5. The minimum Gasteiger partial charge on any atom is -0.495 e. The van der Waals surface area contributed by atoms with Crippen LogP contribution < -0.4 is 15.6 Å². The lowest BCUT2D eigenvalue weighted by Crippen LogP contribution is -2.18. The van der Waals surface area contributed by atoms with Crippen LogP contribution in [0.1, 0.15) is 21.6 Å². The number of carbonyl (C=O) groups is 1. The molecule has 0 saturated carbocycles. The van der Waals surface area contributed by atoms with Gasteiger partial charge in [0, 0.05) is 12.7 Å². The lowest BCUT2D eigenvalue weighted by atomic mass is 10.2. The molecule has 0 aliphatic rings. The molecule has 0 bridgehead atoms. The van der Waals surface area contributed by atoms with Crippen molar-refractivity contribution in [3.05, 3.63) is 106 Å². The normalized spacial score (nSPS) is 11.1. The Labute approximate surface area is 189 Å². The highest BCUT2D eigenvalue weighted by atomic mass is 16.5. The molecule has 0 fully saturated rings. The number of hydrogen-bond donors (Lipinski definition) is 1. The van der Waals surface area contributed by atoms with Crippen molar-refractivity contribution in [2.24, 2.45) is 0 Å². The number of carbonyl (C=O) groups excluding carboxylic acids is 1. The van der Waals surface area contributed by atoms with Gasteiger partial charge in [-0.1, -0.05) is 48.5 Å². The highest BCUT2D eigenvalue weighted by Crippen LogP contribution is 2.25. The predicted molar refractivity (Wildman–Crippen MR) is 128 cm³/mol. The Morgan fingerprint density at radius 1 is 1.00 bits per heavy atom. The molecule has 1 N–H and O–H groups in total. The maximum absolute atomic E-state index is 13.4. The average molecular weight is 438 g/mol. The number of benzene rings is 2. The van der Waals surface area contributed by atoms with Crippen LogP contribution in [-0.4, -0.2) is 27.0 Å². The summed E-state index contributed by atoms with van der Waals surface area (Å²) in [5.41, 5.74) is 3.60. The second kappa shape index (κ2) is 8.27. The van der Waals surface area contributed by atoms with E-state index >= 15 is 0 Å². The Morgan fingerprint density at radius 2 is 1.76 bits per heavy atom. The minimum absolute atomic E-state index is 0.211. The van der Waals surface area contributed by atoms with E-state index < -0.39 is 0 Å². The van der Waals surface area contributed by atoms with Gasteiger partial charge in [-0.3, -0.25) is 14.0 Å². The summed E-state index contributed by atoms with van der Waals surface area (Å²) < 4.78 is 8.68. The second-order valence-electron chi connectivity index (χ2n) is 7.79. The van der Waals surface area contributed by atoms with Crippen molar-refractivity contribution in [1.29, 1.82) is 0 Å². The summed E-state index contributed by atoms with van der Waals surface area (Å²) in [6.07, 6.45) is 1.69. The second-order valence-corrected chi connectivity index (χ2v) is 7.79. The van der Waals surface area contributed by atoms with E-state index in [1.807, 2.05) is 61.5 Å². The fourth-order valence-corrected chi connectivity index (χ4v) is 4.01. The van der Waals surface area contributed by atoms with Gasteiger partial charge in [-0.25, -0.2) is 4.98 Å². The number of methoxy groups -OCH3 is 1. The van der Waals surface area contributed by atoms with Gasteiger partial charge in [-0.05, 0) is 42.3 Å². The zero-order valence-electron chi connectivity index (χ0n) is 18.3. The van der Waals surface area contributed by atoms with Gasteiger partial charge in [-0.2, -0.15) is 0 Å². The molecule has 164 valence electrons. The molecule has 1 amide bonds. The van der Waals surface area contributed by atoms with Gasteiger partial charge in [0.05, 0.1) is 18.2 Å². The summed E-state index contributed by atoms with van der Waals surface area (Å²) in [6, 6.07) is 22.3. The Hall–Kier alpha value is -4.39. The van der Waals surface area contributed by atoms with Gasteiger partial charge in [0.2, 0.25) is 0 Å². The Balaban J connectivity index is 1.71. The summed E-state index contributed by atoms with van der Waals surface area (Å²) in [6.45, 7) is 2.31. The van der Waals surface area contributed by atoms with E-state index in [0.29, 0.717) is 40.4 Å². The Morgan fingerprint density at radius 3 is 2.55 bits per heavy atom. The molecule has 7 nitrogen and oxygen atoms in total. The topological polar surface area (TPSA) is 77.6 Å². The first-order valence-corrected chi connectivity index (χ1v) is 10.6. The van der Waals surface area contributed by atoms with Crippen LogP contribution in [0.2, 0.25) is 0 Å². The van der Waals surface area contributed by atoms with Crippen LogP contribution in [0.3, 0.4) is 0 Å². The van der Waals surface area contributed by atoms with Crippen LogP contribution in [0.25, 0.3) is 16.7 Å². The molecule has 0 atom stereocenters. The van der Waals surface area contributed by atoms with Crippen LogP contribution in [0.5, 0.6) is 5.75 Å². The van der Waals surface area contributed by atoms with E-state index in [4.69, 9.17) is 9.72 Å². The molecule has 0 saturated heterocycles. The molecule has 0 unspecified atom stereocenters. The van der Waals surface area contributed by atoms with Crippen molar-refractivity contribution < 1.29 is 9.53 Å². The number of rotatable bonds is 5. The van der Waals surface area contributed by atoms with Crippen LogP contribution in [0.4, 0.5) is 5.69 Å². The van der Waals surface area contributed by atoms with Gasteiger partial charge in [0.1, 0.15) is 22.7 Å². The van der Waals surface area contributed by atoms with Crippen molar-refractivity contribution in [3.63, 3.8) is 0 Å². The summed E-state index contributed by atoms with van der Waals surface area (Å²) in [5.74, 6) is 0.203. The van der Waals surface area contributed by atoms with Crippen molar-refractivity contribution >= 4 is 28.3 Å². The predicted octanol–water partition coefficient (Wildman–Crippen LogP) is 4.27. The van der Waals surface area contributed by atoms with Crippen LogP contribution in [-0.2, 0) is 6.54 Å². The summed E-state index contributed by atoms with van der Waals surface area (Å²) >= 11 is 0. The lowest BCUT2D eigenvalue weighted by Gasteiger charge is -2.13. The molecular formula is C26H22N4O3. The molecule has 0 aliphatic heterocycles. The van der Waals surface area contributed by atoms with Crippen molar-refractivity contribution in [3.8, 4) is 5.75 Å². The SMILES string of the molecule is COc1ccccc1NC(=O)c1cc2c(=O)n3cccc(C)c3nc2n1Cc1ccccc1. The molecule has 7 heteroatoms. The van der Waals surface area contributed by atoms with Crippen molar-refractivity contribution in [1.82, 2.24) is 14.0 Å². The van der Waals surface area contributed by atoms with E-state index in [9.17, 15) is 9.59 Å². The molecule has 5 rings (SSSR count). The molecule has 3 heterocycles. The van der Waals surface area contributed by atoms with Crippen LogP contribution in [0.15, 0.2) is 83.8 Å². The fourth-order valence-electron chi connectivity index (χ4n) is 4.01. The Kier molecular flexibility index (Phi) is 5.14.